The summed E-state index contributed by atoms with van der Waals surface area (Å²) >= 11 is 0. The third kappa shape index (κ3) is 4.45. The van der Waals surface area contributed by atoms with Gasteiger partial charge in [-0.05, 0) is 40.8 Å². The fourth-order valence-corrected chi connectivity index (χ4v) is 4.59. The molecule has 4 nitrogen and oxygen atoms in total. The van der Waals surface area contributed by atoms with E-state index in [0.29, 0.717) is 30.6 Å². The lowest BCUT2D eigenvalue weighted by atomic mass is 9.89. The highest BCUT2D eigenvalue weighted by atomic mass is 16.5. The summed E-state index contributed by atoms with van der Waals surface area (Å²) in [7, 11) is 0. The molecule has 2 unspecified atom stereocenters. The molecule has 3 aromatic rings. The lowest BCUT2D eigenvalue weighted by Crippen LogP contribution is -2.53. The summed E-state index contributed by atoms with van der Waals surface area (Å²) in [5.41, 5.74) is 5.42. The molecule has 32 heavy (non-hydrogen) atoms. The average molecular weight is 423 g/mol. The molecule has 2 aliphatic heterocycles. The van der Waals surface area contributed by atoms with Crippen LogP contribution in [0.1, 0.15) is 28.7 Å². The quantitative estimate of drug-likeness (QED) is 0.548. The maximum atomic E-state index is 9.56. The van der Waals surface area contributed by atoms with Crippen molar-refractivity contribution in [1.29, 1.82) is 5.26 Å². The molecule has 1 saturated heterocycles. The lowest BCUT2D eigenvalue weighted by molar-refractivity contribution is -0.0402. The van der Waals surface area contributed by atoms with Crippen LogP contribution in [-0.2, 0) is 17.9 Å². The van der Waals surface area contributed by atoms with Gasteiger partial charge in [-0.2, -0.15) is 5.26 Å². The number of nitriles is 1. The highest BCUT2D eigenvalue weighted by Crippen LogP contribution is 2.35. The maximum Gasteiger partial charge on any atom is 0.138 e. The average Bonchev–Trinajstić information content (AvgIpc) is 2.84. The summed E-state index contributed by atoms with van der Waals surface area (Å²) < 4.78 is 11.9. The Morgan fingerprint density at radius 3 is 2.41 bits per heavy atom. The number of hydrogen-bond acceptors (Lipinski definition) is 4. The van der Waals surface area contributed by atoms with Crippen LogP contribution in [-0.4, -0.2) is 30.2 Å². The Hall–Kier alpha value is -3.39. The summed E-state index contributed by atoms with van der Waals surface area (Å²) in [6.45, 7) is 2.83. The molecule has 4 heteroatoms. The van der Waals surface area contributed by atoms with Gasteiger partial charge in [-0.15, -0.1) is 0 Å². The molecule has 1 fully saturated rings. The Bertz CT molecular complexity index is 1140. The van der Waals surface area contributed by atoms with Crippen LogP contribution in [0.3, 0.4) is 0 Å². The molecule has 0 spiro atoms. The molecule has 2 aliphatic rings. The monoisotopic (exact) mass is 422 g/mol. The summed E-state index contributed by atoms with van der Waals surface area (Å²) in [5, 5.41) is 9.56. The molecular weight excluding hydrogens is 396 g/mol. The molecular formula is C28H26N2O2. The highest BCUT2D eigenvalue weighted by Gasteiger charge is 2.35. The second-order valence-electron chi connectivity index (χ2n) is 8.41. The maximum absolute atomic E-state index is 9.56. The molecule has 0 aliphatic carbocycles. The first-order valence-corrected chi connectivity index (χ1v) is 11.1. The molecule has 160 valence electrons. The first kappa shape index (κ1) is 20.5. The molecule has 0 amide bonds. The first-order valence-electron chi connectivity index (χ1n) is 11.1. The minimum atomic E-state index is 0.252. The third-order valence-corrected chi connectivity index (χ3v) is 6.26. The van der Waals surface area contributed by atoms with Gasteiger partial charge < -0.3 is 9.47 Å². The van der Waals surface area contributed by atoms with E-state index in [0.717, 1.165) is 30.7 Å². The number of morpholine rings is 1. The van der Waals surface area contributed by atoms with Crippen molar-refractivity contribution in [1.82, 2.24) is 4.90 Å². The molecule has 0 N–H and O–H groups in total. The Morgan fingerprint density at radius 1 is 0.938 bits per heavy atom. The Morgan fingerprint density at radius 2 is 1.69 bits per heavy atom. The van der Waals surface area contributed by atoms with Crippen LogP contribution in [0.5, 0.6) is 5.75 Å². The van der Waals surface area contributed by atoms with E-state index < -0.39 is 0 Å². The van der Waals surface area contributed by atoms with Crippen molar-refractivity contribution in [2.75, 3.05) is 13.2 Å². The van der Waals surface area contributed by atoms with Crippen LogP contribution in [0.4, 0.5) is 0 Å². The fourth-order valence-electron chi connectivity index (χ4n) is 4.59. The second kappa shape index (κ2) is 9.40. The van der Waals surface area contributed by atoms with E-state index in [1.807, 2.05) is 48.5 Å². The molecule has 0 radical (unpaired) electrons. The Labute approximate surface area is 189 Å². The summed E-state index contributed by atoms with van der Waals surface area (Å²) in [4.78, 5) is 2.55. The van der Waals surface area contributed by atoms with E-state index in [9.17, 15) is 5.26 Å². The van der Waals surface area contributed by atoms with Gasteiger partial charge in [-0.25, -0.2) is 0 Å². The van der Waals surface area contributed by atoms with Gasteiger partial charge >= 0.3 is 0 Å². The van der Waals surface area contributed by atoms with Crippen molar-refractivity contribution < 1.29 is 9.47 Å². The van der Waals surface area contributed by atoms with E-state index in [1.165, 1.54) is 11.1 Å². The first-order chi connectivity index (χ1) is 15.8. The van der Waals surface area contributed by atoms with E-state index in [1.54, 1.807) is 0 Å². The zero-order valence-electron chi connectivity index (χ0n) is 18.0. The molecule has 2 bridgehead atoms. The normalized spacial score (nSPS) is 20.3. The SMILES string of the molecule is N#Cc1ccc(C2=CC3COCC(C2)N3Cc2ccccc2)cc1OCc1ccccc1. The summed E-state index contributed by atoms with van der Waals surface area (Å²) in [6.07, 6.45) is 3.26. The van der Waals surface area contributed by atoms with E-state index in [-0.39, 0.29) is 6.04 Å². The molecule has 2 atom stereocenters. The van der Waals surface area contributed by atoms with Gasteiger partial charge in [-0.1, -0.05) is 72.8 Å². The van der Waals surface area contributed by atoms with Crippen molar-refractivity contribution in [2.45, 2.75) is 31.7 Å². The summed E-state index contributed by atoms with van der Waals surface area (Å²) in [6, 6.07) is 29.5. The van der Waals surface area contributed by atoms with Gasteiger partial charge in [0.15, 0.2) is 0 Å². The van der Waals surface area contributed by atoms with Crippen molar-refractivity contribution in [2.24, 2.45) is 0 Å². The minimum Gasteiger partial charge on any atom is -0.488 e. The second-order valence-corrected chi connectivity index (χ2v) is 8.41. The van der Waals surface area contributed by atoms with Crippen molar-refractivity contribution in [3.8, 4) is 11.8 Å². The number of rotatable bonds is 6. The van der Waals surface area contributed by atoms with Gasteiger partial charge in [0.25, 0.3) is 0 Å². The predicted molar refractivity (Wildman–Crippen MR) is 125 cm³/mol. The standard InChI is InChI=1S/C28H26N2O2/c29-16-24-12-11-23(15-28(24)32-18-22-9-5-2-6-10-22)25-13-26-19-31-20-27(14-25)30(26)17-21-7-3-1-4-8-21/h1-13,15,26-27H,14,17-20H2. The van der Waals surface area contributed by atoms with Crippen LogP contribution in [0.25, 0.3) is 5.57 Å². The van der Waals surface area contributed by atoms with Crippen LogP contribution in [0.15, 0.2) is 84.9 Å². The van der Waals surface area contributed by atoms with E-state index in [2.05, 4.69) is 47.4 Å². The molecule has 2 heterocycles. The highest BCUT2D eigenvalue weighted by molar-refractivity contribution is 5.70. The third-order valence-electron chi connectivity index (χ3n) is 6.26. The molecule has 0 aromatic heterocycles. The van der Waals surface area contributed by atoms with Crippen LogP contribution >= 0.6 is 0 Å². The predicted octanol–water partition coefficient (Wildman–Crippen LogP) is 5.19. The van der Waals surface area contributed by atoms with E-state index >= 15 is 0 Å². The van der Waals surface area contributed by atoms with Gasteiger partial charge in [0, 0.05) is 12.6 Å². The van der Waals surface area contributed by atoms with E-state index in [4.69, 9.17) is 9.47 Å². The van der Waals surface area contributed by atoms with Crippen LogP contribution in [0, 0.1) is 11.3 Å². The van der Waals surface area contributed by atoms with Gasteiger partial charge in [-0.3, -0.25) is 4.90 Å². The Kier molecular flexibility index (Phi) is 6.02. The van der Waals surface area contributed by atoms with Gasteiger partial charge in [0.2, 0.25) is 0 Å². The van der Waals surface area contributed by atoms with Gasteiger partial charge in [0.1, 0.15) is 18.4 Å². The number of ether oxygens (including phenoxy) is 2. The number of nitrogens with zero attached hydrogens (tertiary/aromatic N) is 2. The number of fused-ring (bicyclic) bond motifs is 2. The topological polar surface area (TPSA) is 45.5 Å². The fraction of sp³-hybridized carbons (Fsp3) is 0.250. The van der Waals surface area contributed by atoms with Crippen molar-refractivity contribution >= 4 is 5.57 Å². The van der Waals surface area contributed by atoms with Crippen LogP contribution in [0.2, 0.25) is 0 Å². The molecule has 3 aromatic carbocycles. The largest absolute Gasteiger partial charge is 0.488 e. The number of hydrogen-bond donors (Lipinski definition) is 0. The van der Waals surface area contributed by atoms with Crippen molar-refractivity contribution in [3.63, 3.8) is 0 Å². The smallest absolute Gasteiger partial charge is 0.138 e. The Balaban J connectivity index is 1.38. The van der Waals surface area contributed by atoms with Crippen molar-refractivity contribution in [3.05, 3.63) is 107 Å². The van der Waals surface area contributed by atoms with Crippen LogP contribution < -0.4 is 4.74 Å². The minimum absolute atomic E-state index is 0.252. The lowest BCUT2D eigenvalue weighted by Gasteiger charge is -2.45. The number of benzene rings is 3. The zero-order chi connectivity index (χ0) is 21.8. The summed E-state index contributed by atoms with van der Waals surface area (Å²) in [5.74, 6) is 0.642. The molecule has 0 saturated carbocycles. The zero-order valence-corrected chi connectivity index (χ0v) is 18.0. The molecule has 5 rings (SSSR count). The van der Waals surface area contributed by atoms with Gasteiger partial charge in [0.05, 0.1) is 24.8 Å².